The third-order valence-electron chi connectivity index (χ3n) is 2.28. The van der Waals surface area contributed by atoms with Crippen LogP contribution in [0.25, 0.3) is 0 Å². The molecule has 0 amide bonds. The molecule has 0 aromatic carbocycles. The second-order valence-corrected chi connectivity index (χ2v) is 3.86. The lowest BCUT2D eigenvalue weighted by Crippen LogP contribution is -2.04. The molecule has 0 aliphatic heterocycles. The summed E-state index contributed by atoms with van der Waals surface area (Å²) in [4.78, 5) is 11.8. The maximum absolute atomic E-state index is 5.97. The van der Waals surface area contributed by atoms with Crippen LogP contribution in [0.2, 0.25) is 5.02 Å². The summed E-state index contributed by atoms with van der Waals surface area (Å²) in [5, 5.41) is 3.39. The van der Waals surface area contributed by atoms with E-state index in [1.165, 1.54) is 6.33 Å². The normalized spacial score (nSPS) is 10.1. The first-order valence-electron chi connectivity index (χ1n) is 5.19. The van der Waals surface area contributed by atoms with Crippen LogP contribution in [-0.2, 0) is 6.54 Å². The molecule has 2 rings (SSSR count). The minimum atomic E-state index is 0.251. The molecule has 0 saturated carbocycles. The Labute approximate surface area is 109 Å². The van der Waals surface area contributed by atoms with Crippen LogP contribution in [0.4, 0.5) is 11.6 Å². The van der Waals surface area contributed by atoms with Gasteiger partial charge in [-0.25, -0.2) is 15.0 Å². The number of methoxy groups -OCH3 is 1. The van der Waals surface area contributed by atoms with Crippen LogP contribution in [0.3, 0.4) is 0 Å². The van der Waals surface area contributed by atoms with Gasteiger partial charge < -0.3 is 15.8 Å². The van der Waals surface area contributed by atoms with E-state index in [9.17, 15) is 0 Å². The van der Waals surface area contributed by atoms with Crippen LogP contribution in [0, 0.1) is 0 Å². The first kappa shape index (κ1) is 12.4. The molecule has 94 valence electrons. The predicted octanol–water partition coefficient (Wildman–Crippen LogP) is 1.73. The van der Waals surface area contributed by atoms with Crippen LogP contribution >= 0.6 is 11.6 Å². The van der Waals surface area contributed by atoms with Gasteiger partial charge in [-0.1, -0.05) is 11.6 Å². The number of nitrogen functional groups attached to an aromatic ring is 1. The van der Waals surface area contributed by atoms with E-state index in [4.69, 9.17) is 22.1 Å². The monoisotopic (exact) mass is 265 g/mol. The van der Waals surface area contributed by atoms with E-state index < -0.39 is 0 Å². The minimum Gasteiger partial charge on any atom is -0.481 e. The SMILES string of the molecule is COc1cc(CNc2ncnc(N)c2Cl)ccn1. The zero-order valence-electron chi connectivity index (χ0n) is 9.72. The second-order valence-electron chi connectivity index (χ2n) is 3.48. The molecule has 7 heteroatoms. The molecule has 2 heterocycles. The molecule has 2 aromatic rings. The summed E-state index contributed by atoms with van der Waals surface area (Å²) in [6.07, 6.45) is 3.03. The van der Waals surface area contributed by atoms with E-state index in [1.807, 2.05) is 12.1 Å². The van der Waals surface area contributed by atoms with Crippen LogP contribution in [0.15, 0.2) is 24.7 Å². The van der Waals surface area contributed by atoms with Crippen LogP contribution in [0.5, 0.6) is 5.88 Å². The van der Waals surface area contributed by atoms with Gasteiger partial charge in [0.15, 0.2) is 5.82 Å². The van der Waals surface area contributed by atoms with Crippen molar-refractivity contribution in [1.82, 2.24) is 15.0 Å². The number of hydrogen-bond donors (Lipinski definition) is 2. The molecule has 0 aliphatic rings. The molecule has 0 unspecified atom stereocenters. The predicted molar refractivity (Wildman–Crippen MR) is 69.6 cm³/mol. The number of rotatable bonds is 4. The Kier molecular flexibility index (Phi) is 3.78. The van der Waals surface area contributed by atoms with Crippen molar-refractivity contribution in [2.45, 2.75) is 6.54 Å². The molecule has 0 fully saturated rings. The lowest BCUT2D eigenvalue weighted by Gasteiger charge is -2.08. The van der Waals surface area contributed by atoms with Gasteiger partial charge in [-0.15, -0.1) is 0 Å². The molecule has 0 bridgehead atoms. The van der Waals surface area contributed by atoms with Gasteiger partial charge in [0.2, 0.25) is 5.88 Å². The van der Waals surface area contributed by atoms with Crippen molar-refractivity contribution in [3.05, 3.63) is 35.2 Å². The van der Waals surface area contributed by atoms with Crippen LogP contribution < -0.4 is 15.8 Å². The molecule has 6 nitrogen and oxygen atoms in total. The van der Waals surface area contributed by atoms with Gasteiger partial charge >= 0.3 is 0 Å². The van der Waals surface area contributed by atoms with Crippen LogP contribution in [0.1, 0.15) is 5.56 Å². The Hall–Kier alpha value is -2.08. The highest BCUT2D eigenvalue weighted by Crippen LogP contribution is 2.23. The fraction of sp³-hybridized carbons (Fsp3) is 0.182. The zero-order valence-corrected chi connectivity index (χ0v) is 10.5. The molecular formula is C11H12ClN5O. The number of hydrogen-bond acceptors (Lipinski definition) is 6. The van der Waals surface area contributed by atoms with Crippen LogP contribution in [-0.4, -0.2) is 22.1 Å². The number of anilines is 2. The van der Waals surface area contributed by atoms with E-state index in [-0.39, 0.29) is 5.82 Å². The Balaban J connectivity index is 2.09. The highest BCUT2D eigenvalue weighted by Gasteiger charge is 2.06. The van der Waals surface area contributed by atoms with Crippen molar-refractivity contribution in [2.24, 2.45) is 0 Å². The van der Waals surface area contributed by atoms with Crippen molar-refractivity contribution in [2.75, 3.05) is 18.2 Å². The number of nitrogens with zero attached hydrogens (tertiary/aromatic N) is 3. The number of halogens is 1. The van der Waals surface area contributed by atoms with Gasteiger partial charge in [0.05, 0.1) is 7.11 Å². The van der Waals surface area contributed by atoms with Gasteiger partial charge in [-0.05, 0) is 11.6 Å². The summed E-state index contributed by atoms with van der Waals surface area (Å²) in [6.45, 7) is 0.537. The van der Waals surface area contributed by atoms with Crippen molar-refractivity contribution in [3.8, 4) is 5.88 Å². The Morgan fingerprint density at radius 3 is 3.00 bits per heavy atom. The average molecular weight is 266 g/mol. The zero-order chi connectivity index (χ0) is 13.0. The molecule has 0 atom stereocenters. The summed E-state index contributed by atoms with van der Waals surface area (Å²) in [5.41, 5.74) is 6.58. The fourth-order valence-corrected chi connectivity index (χ4v) is 1.53. The summed E-state index contributed by atoms with van der Waals surface area (Å²) < 4.78 is 5.04. The van der Waals surface area contributed by atoms with Crippen molar-refractivity contribution in [1.29, 1.82) is 0 Å². The maximum Gasteiger partial charge on any atom is 0.213 e. The quantitative estimate of drug-likeness (QED) is 0.876. The Morgan fingerprint density at radius 1 is 1.39 bits per heavy atom. The van der Waals surface area contributed by atoms with Gasteiger partial charge in [0, 0.05) is 18.8 Å². The van der Waals surface area contributed by atoms with E-state index in [0.717, 1.165) is 5.56 Å². The van der Waals surface area contributed by atoms with Crippen molar-refractivity contribution >= 4 is 23.2 Å². The Morgan fingerprint density at radius 2 is 2.22 bits per heavy atom. The molecule has 0 saturated heterocycles. The summed E-state index contributed by atoms with van der Waals surface area (Å²) >= 11 is 5.97. The molecule has 0 spiro atoms. The minimum absolute atomic E-state index is 0.251. The third kappa shape index (κ3) is 2.78. The number of ether oxygens (including phenoxy) is 1. The van der Waals surface area contributed by atoms with E-state index in [1.54, 1.807) is 13.3 Å². The van der Waals surface area contributed by atoms with E-state index in [2.05, 4.69) is 20.3 Å². The highest BCUT2D eigenvalue weighted by molar-refractivity contribution is 6.35. The molecular weight excluding hydrogens is 254 g/mol. The van der Waals surface area contributed by atoms with Crippen molar-refractivity contribution in [3.63, 3.8) is 0 Å². The molecule has 18 heavy (non-hydrogen) atoms. The number of pyridine rings is 1. The number of aromatic nitrogens is 3. The van der Waals surface area contributed by atoms with Crippen molar-refractivity contribution < 1.29 is 4.74 Å². The van der Waals surface area contributed by atoms with Gasteiger partial charge in [-0.2, -0.15) is 0 Å². The molecule has 3 N–H and O–H groups in total. The summed E-state index contributed by atoms with van der Waals surface area (Å²) in [5.74, 6) is 1.31. The Bertz CT molecular complexity index is 549. The number of nitrogens with two attached hydrogens (primary N) is 1. The molecule has 0 radical (unpaired) electrons. The maximum atomic E-state index is 5.97. The lowest BCUT2D eigenvalue weighted by atomic mass is 10.2. The summed E-state index contributed by atoms with van der Waals surface area (Å²) in [7, 11) is 1.57. The molecule has 2 aromatic heterocycles. The standard InChI is InChI=1S/C11H12ClN5O/c1-18-8-4-7(2-3-14-8)5-15-11-9(12)10(13)16-6-17-11/h2-4,6H,5H2,1H3,(H3,13,15,16,17). The first-order valence-corrected chi connectivity index (χ1v) is 5.57. The van der Waals surface area contributed by atoms with E-state index >= 15 is 0 Å². The highest BCUT2D eigenvalue weighted by atomic mass is 35.5. The topological polar surface area (TPSA) is 86.0 Å². The fourth-order valence-electron chi connectivity index (χ4n) is 1.36. The van der Waals surface area contributed by atoms with Gasteiger partial charge in [0.25, 0.3) is 0 Å². The smallest absolute Gasteiger partial charge is 0.213 e. The number of nitrogens with one attached hydrogen (secondary N) is 1. The second kappa shape index (κ2) is 5.50. The van der Waals surface area contributed by atoms with Gasteiger partial charge in [-0.3, -0.25) is 0 Å². The first-order chi connectivity index (χ1) is 8.70. The lowest BCUT2D eigenvalue weighted by molar-refractivity contribution is 0.397. The largest absolute Gasteiger partial charge is 0.481 e. The average Bonchev–Trinajstić information content (AvgIpc) is 2.41. The summed E-state index contributed by atoms with van der Waals surface area (Å²) in [6, 6.07) is 3.69. The van der Waals surface area contributed by atoms with E-state index in [0.29, 0.717) is 23.3 Å². The molecule has 0 aliphatic carbocycles. The van der Waals surface area contributed by atoms with Gasteiger partial charge in [0.1, 0.15) is 17.2 Å². The third-order valence-corrected chi connectivity index (χ3v) is 2.66.